The molecule has 0 aliphatic rings. The molecule has 0 bridgehead atoms. The number of nitrogens with zero attached hydrogens (tertiary/aromatic N) is 1. The first-order valence-electron chi connectivity index (χ1n) is 10.9. The molecule has 0 aliphatic carbocycles. The SMILES string of the molecule is CCCCCCC(=O)NCCc1ccc(S(=O)(=O)NC(=O)c2ccc(OC(=O)OC)nc2)cc1. The largest absolute Gasteiger partial charge is 0.514 e. The Hall–Kier alpha value is -3.47. The van der Waals surface area contributed by atoms with Gasteiger partial charge in [-0.1, -0.05) is 38.3 Å². The Morgan fingerprint density at radius 2 is 1.74 bits per heavy atom. The Balaban J connectivity index is 1.86. The standard InChI is InChI=1S/C23H29N3O7S/c1-3-4-5-6-7-20(27)24-15-14-17-8-11-19(12-9-17)34(30,31)26-22(28)18-10-13-21(25-16-18)33-23(29)32-2/h8-13,16H,3-7,14-15H2,1-2H3,(H,24,27)(H,26,28). The maximum Gasteiger partial charge on any atom is 0.514 e. The molecule has 0 fully saturated rings. The molecule has 10 nitrogen and oxygen atoms in total. The lowest BCUT2D eigenvalue weighted by Crippen LogP contribution is -2.30. The summed E-state index contributed by atoms with van der Waals surface area (Å²) >= 11 is 0. The zero-order valence-corrected chi connectivity index (χ0v) is 20.0. The first kappa shape index (κ1) is 26.8. The minimum absolute atomic E-state index is 0.0115. The van der Waals surface area contributed by atoms with E-state index in [1.54, 1.807) is 12.1 Å². The van der Waals surface area contributed by atoms with E-state index in [-0.39, 0.29) is 22.2 Å². The molecule has 0 saturated carbocycles. The summed E-state index contributed by atoms with van der Waals surface area (Å²) in [5, 5.41) is 2.86. The van der Waals surface area contributed by atoms with Crippen molar-refractivity contribution in [1.29, 1.82) is 0 Å². The van der Waals surface area contributed by atoms with Gasteiger partial charge in [0.05, 0.1) is 17.6 Å². The van der Waals surface area contributed by atoms with Gasteiger partial charge in [0.1, 0.15) is 0 Å². The second-order valence-corrected chi connectivity index (χ2v) is 9.11. The van der Waals surface area contributed by atoms with E-state index in [0.29, 0.717) is 19.4 Å². The third-order valence-electron chi connectivity index (χ3n) is 4.81. The van der Waals surface area contributed by atoms with E-state index in [2.05, 4.69) is 22.0 Å². The van der Waals surface area contributed by atoms with Gasteiger partial charge >= 0.3 is 6.16 Å². The van der Waals surface area contributed by atoms with Crippen LogP contribution >= 0.6 is 0 Å². The van der Waals surface area contributed by atoms with Crippen LogP contribution in [0.2, 0.25) is 0 Å². The predicted octanol–water partition coefficient (Wildman–Crippen LogP) is 2.97. The lowest BCUT2D eigenvalue weighted by Gasteiger charge is -2.09. The van der Waals surface area contributed by atoms with E-state index in [4.69, 9.17) is 4.74 Å². The van der Waals surface area contributed by atoms with E-state index in [1.165, 1.54) is 24.3 Å². The number of carbonyl (C=O) groups is 3. The van der Waals surface area contributed by atoms with Gasteiger partial charge in [0.15, 0.2) is 0 Å². The van der Waals surface area contributed by atoms with Crippen LogP contribution in [0.4, 0.5) is 4.79 Å². The highest BCUT2D eigenvalue weighted by Crippen LogP contribution is 2.13. The number of methoxy groups -OCH3 is 1. The van der Waals surface area contributed by atoms with Crippen molar-refractivity contribution in [2.75, 3.05) is 13.7 Å². The molecular weight excluding hydrogens is 462 g/mol. The van der Waals surface area contributed by atoms with Crippen LogP contribution in [0.1, 0.15) is 54.9 Å². The highest BCUT2D eigenvalue weighted by Gasteiger charge is 2.19. The predicted molar refractivity (Wildman–Crippen MR) is 124 cm³/mol. The maximum atomic E-state index is 12.5. The lowest BCUT2D eigenvalue weighted by molar-refractivity contribution is -0.121. The van der Waals surface area contributed by atoms with Crippen molar-refractivity contribution in [3.05, 3.63) is 53.7 Å². The fraction of sp³-hybridized carbons (Fsp3) is 0.391. The number of hydrogen-bond donors (Lipinski definition) is 2. The van der Waals surface area contributed by atoms with Gasteiger partial charge in [-0.05, 0) is 36.6 Å². The molecule has 1 aromatic heterocycles. The number of hydrogen-bond acceptors (Lipinski definition) is 8. The highest BCUT2D eigenvalue weighted by atomic mass is 32.2. The van der Waals surface area contributed by atoms with E-state index in [9.17, 15) is 22.8 Å². The molecule has 2 aromatic rings. The van der Waals surface area contributed by atoms with Crippen LogP contribution < -0.4 is 14.8 Å². The fourth-order valence-electron chi connectivity index (χ4n) is 2.92. The summed E-state index contributed by atoms with van der Waals surface area (Å²) in [6, 6.07) is 8.54. The topological polar surface area (TPSA) is 141 Å². The number of rotatable bonds is 12. The normalized spacial score (nSPS) is 10.9. The Labute approximate surface area is 199 Å². The van der Waals surface area contributed by atoms with E-state index < -0.39 is 22.1 Å². The number of ether oxygens (including phenoxy) is 2. The third kappa shape index (κ3) is 8.81. The molecular formula is C23H29N3O7S. The van der Waals surface area contributed by atoms with E-state index in [1.807, 2.05) is 4.72 Å². The van der Waals surface area contributed by atoms with Crippen molar-refractivity contribution in [3.8, 4) is 5.88 Å². The van der Waals surface area contributed by atoms with E-state index >= 15 is 0 Å². The van der Waals surface area contributed by atoms with Crippen LogP contribution in [-0.2, 0) is 26.0 Å². The number of amides is 2. The summed E-state index contributed by atoms with van der Waals surface area (Å²) in [4.78, 5) is 38.9. The first-order valence-corrected chi connectivity index (χ1v) is 12.4. The van der Waals surface area contributed by atoms with Crippen molar-refractivity contribution in [2.24, 2.45) is 0 Å². The number of sulfonamides is 1. The average molecular weight is 492 g/mol. The molecule has 34 heavy (non-hydrogen) atoms. The van der Waals surface area contributed by atoms with Crippen molar-refractivity contribution in [3.63, 3.8) is 0 Å². The number of carbonyl (C=O) groups excluding carboxylic acids is 3. The molecule has 0 atom stereocenters. The number of unbranched alkanes of at least 4 members (excludes halogenated alkanes) is 3. The van der Waals surface area contributed by atoms with Gasteiger partial charge < -0.3 is 14.8 Å². The second kappa shape index (κ2) is 13.3. The number of nitrogens with one attached hydrogen (secondary N) is 2. The maximum absolute atomic E-state index is 12.5. The summed E-state index contributed by atoms with van der Waals surface area (Å²) in [6.07, 6.45) is 5.33. The lowest BCUT2D eigenvalue weighted by atomic mass is 10.1. The van der Waals surface area contributed by atoms with Crippen LogP contribution in [0.5, 0.6) is 5.88 Å². The summed E-state index contributed by atoms with van der Waals surface area (Å²) in [7, 11) is -2.97. The average Bonchev–Trinajstić information content (AvgIpc) is 2.82. The molecule has 2 rings (SSSR count). The minimum atomic E-state index is -4.11. The zero-order valence-electron chi connectivity index (χ0n) is 19.2. The Bertz CT molecular complexity index is 1070. The molecule has 2 N–H and O–H groups in total. The molecule has 0 unspecified atom stereocenters. The molecule has 184 valence electrons. The van der Waals surface area contributed by atoms with Gasteiger partial charge in [-0.25, -0.2) is 22.9 Å². The highest BCUT2D eigenvalue weighted by molar-refractivity contribution is 7.90. The van der Waals surface area contributed by atoms with Gasteiger partial charge in [0.2, 0.25) is 11.8 Å². The quantitative estimate of drug-likeness (QED) is 0.341. The third-order valence-corrected chi connectivity index (χ3v) is 6.15. The van der Waals surface area contributed by atoms with Gasteiger partial charge in [0, 0.05) is 25.2 Å². The van der Waals surface area contributed by atoms with Gasteiger partial charge in [-0.15, -0.1) is 0 Å². The number of aromatic nitrogens is 1. The summed E-state index contributed by atoms with van der Waals surface area (Å²) < 4.78 is 36.1. The van der Waals surface area contributed by atoms with Crippen LogP contribution in [0, 0.1) is 0 Å². The minimum Gasteiger partial charge on any atom is -0.437 e. The van der Waals surface area contributed by atoms with Crippen molar-refractivity contribution < 1.29 is 32.3 Å². The summed E-state index contributed by atoms with van der Waals surface area (Å²) in [6.45, 7) is 2.57. The Morgan fingerprint density at radius 3 is 2.35 bits per heavy atom. The molecule has 11 heteroatoms. The number of benzene rings is 1. The molecule has 0 radical (unpaired) electrons. The van der Waals surface area contributed by atoms with Gasteiger partial charge in [-0.2, -0.15) is 0 Å². The fourth-order valence-corrected chi connectivity index (χ4v) is 3.90. The second-order valence-electron chi connectivity index (χ2n) is 7.43. The molecule has 0 saturated heterocycles. The van der Waals surface area contributed by atoms with Crippen LogP contribution in [0.15, 0.2) is 47.5 Å². The van der Waals surface area contributed by atoms with E-state index in [0.717, 1.165) is 44.6 Å². The van der Waals surface area contributed by atoms with Crippen molar-refractivity contribution in [1.82, 2.24) is 15.0 Å². The molecule has 0 aliphatic heterocycles. The molecule has 1 heterocycles. The monoisotopic (exact) mass is 491 g/mol. The zero-order chi connectivity index (χ0) is 25.0. The van der Waals surface area contributed by atoms with Crippen LogP contribution in [0.3, 0.4) is 0 Å². The Morgan fingerprint density at radius 1 is 1.00 bits per heavy atom. The smallest absolute Gasteiger partial charge is 0.437 e. The first-order chi connectivity index (χ1) is 16.2. The van der Waals surface area contributed by atoms with Crippen molar-refractivity contribution in [2.45, 2.75) is 50.3 Å². The summed E-state index contributed by atoms with van der Waals surface area (Å²) in [5.41, 5.74) is 0.810. The molecule has 1 aromatic carbocycles. The molecule has 2 amide bonds. The van der Waals surface area contributed by atoms with Gasteiger partial charge in [-0.3, -0.25) is 9.59 Å². The molecule has 0 spiro atoms. The van der Waals surface area contributed by atoms with Crippen LogP contribution in [-0.4, -0.2) is 45.0 Å². The summed E-state index contributed by atoms with van der Waals surface area (Å²) in [5.74, 6) is -0.977. The van der Waals surface area contributed by atoms with Crippen molar-refractivity contribution >= 4 is 28.0 Å². The van der Waals surface area contributed by atoms with Gasteiger partial charge in [0.25, 0.3) is 15.9 Å². The van der Waals surface area contributed by atoms with Crippen LogP contribution in [0.25, 0.3) is 0 Å². The Kier molecular flexibility index (Phi) is 10.5. The number of pyridine rings is 1.